The van der Waals surface area contributed by atoms with Crippen molar-refractivity contribution < 1.29 is 14.3 Å². The Hall–Kier alpha value is -3.35. The molecule has 1 N–H and O–H groups in total. The number of carbonyl (C=O) groups excluding carboxylic acids is 1. The number of hydrogen-bond acceptors (Lipinski definition) is 5. The van der Waals surface area contributed by atoms with Crippen LogP contribution in [0, 0.1) is 0 Å². The number of benzene rings is 2. The van der Waals surface area contributed by atoms with Crippen LogP contribution in [-0.4, -0.2) is 34.9 Å². The molecule has 7 heteroatoms. The summed E-state index contributed by atoms with van der Waals surface area (Å²) in [5, 5.41) is 7.03. The van der Waals surface area contributed by atoms with E-state index in [-0.39, 0.29) is 5.91 Å². The van der Waals surface area contributed by atoms with Gasteiger partial charge in [0.05, 0.1) is 19.9 Å². The fraction of sp³-hybridized carbons (Fsp3) is 0.250. The number of nitrogens with zero attached hydrogens (tertiary/aromatic N) is 3. The third kappa shape index (κ3) is 4.84. The smallest absolute Gasteiger partial charge is 0.220 e. The molecule has 0 unspecified atom stereocenters. The number of nitrogens with one attached hydrogen (secondary N) is 1. The molecule has 1 aromatic heterocycles. The van der Waals surface area contributed by atoms with E-state index in [2.05, 4.69) is 15.4 Å². The lowest BCUT2D eigenvalue weighted by atomic mass is 10.1. The van der Waals surface area contributed by atoms with Gasteiger partial charge < -0.3 is 14.8 Å². The van der Waals surface area contributed by atoms with Crippen molar-refractivity contribution in [1.29, 1.82) is 0 Å². The van der Waals surface area contributed by atoms with Crippen LogP contribution in [0.1, 0.15) is 17.5 Å². The van der Waals surface area contributed by atoms with Crippen LogP contribution >= 0.6 is 0 Å². The maximum absolute atomic E-state index is 12.1. The van der Waals surface area contributed by atoms with Gasteiger partial charge in [0.2, 0.25) is 5.91 Å². The highest BCUT2D eigenvalue weighted by Gasteiger charge is 2.07. The van der Waals surface area contributed by atoms with Gasteiger partial charge in [-0.3, -0.25) is 4.79 Å². The predicted molar refractivity (Wildman–Crippen MR) is 101 cm³/mol. The Balaban J connectivity index is 1.48. The molecule has 3 aromatic rings. The Labute approximate surface area is 158 Å². The number of aryl methyl sites for hydroxylation is 1. The number of ether oxygens (including phenoxy) is 2. The summed E-state index contributed by atoms with van der Waals surface area (Å²) in [6.07, 6.45) is 4.18. The van der Waals surface area contributed by atoms with Crippen molar-refractivity contribution in [2.24, 2.45) is 0 Å². The van der Waals surface area contributed by atoms with E-state index in [1.807, 2.05) is 42.5 Å². The van der Waals surface area contributed by atoms with Gasteiger partial charge in [-0.05, 0) is 41.8 Å². The molecule has 0 radical (unpaired) electrons. The highest BCUT2D eigenvalue weighted by Crippen LogP contribution is 2.27. The van der Waals surface area contributed by atoms with Crippen LogP contribution < -0.4 is 14.8 Å². The average Bonchev–Trinajstić information content (AvgIpc) is 3.25. The fourth-order valence-corrected chi connectivity index (χ4v) is 2.69. The van der Waals surface area contributed by atoms with Crippen molar-refractivity contribution in [3.8, 4) is 17.2 Å². The first kappa shape index (κ1) is 18.4. The van der Waals surface area contributed by atoms with Crippen molar-refractivity contribution in [3.05, 3.63) is 66.2 Å². The lowest BCUT2D eigenvalue weighted by Crippen LogP contribution is -2.23. The first-order valence-corrected chi connectivity index (χ1v) is 8.61. The zero-order valence-corrected chi connectivity index (χ0v) is 15.4. The standard InChI is InChI=1S/C20H22N4O3/c1-26-18-9-5-15(11-19(18)27-2)6-10-20(25)22-12-16-3-7-17(8-4-16)24-14-21-13-23-24/h3-5,7-9,11,13-14H,6,10,12H2,1-2H3,(H,22,25). The summed E-state index contributed by atoms with van der Waals surface area (Å²) < 4.78 is 12.2. The lowest BCUT2D eigenvalue weighted by Gasteiger charge is -2.10. The lowest BCUT2D eigenvalue weighted by molar-refractivity contribution is -0.121. The second-order valence-corrected chi connectivity index (χ2v) is 5.97. The molecule has 0 saturated heterocycles. The van der Waals surface area contributed by atoms with E-state index < -0.39 is 0 Å². The average molecular weight is 366 g/mol. The summed E-state index contributed by atoms with van der Waals surface area (Å²) in [7, 11) is 3.20. The van der Waals surface area contributed by atoms with Crippen molar-refractivity contribution in [2.75, 3.05) is 14.2 Å². The molecule has 0 aliphatic heterocycles. The predicted octanol–water partition coefficient (Wildman–Crippen LogP) is 2.53. The van der Waals surface area contributed by atoms with Crippen molar-refractivity contribution in [3.63, 3.8) is 0 Å². The van der Waals surface area contributed by atoms with Crippen LogP contribution in [0.15, 0.2) is 55.1 Å². The summed E-state index contributed by atoms with van der Waals surface area (Å²) in [6.45, 7) is 0.488. The summed E-state index contributed by atoms with van der Waals surface area (Å²) in [6, 6.07) is 13.5. The van der Waals surface area contributed by atoms with Crippen LogP contribution in [0.25, 0.3) is 5.69 Å². The summed E-state index contributed by atoms with van der Waals surface area (Å²) in [4.78, 5) is 16.1. The van der Waals surface area contributed by atoms with Crippen molar-refractivity contribution in [1.82, 2.24) is 20.1 Å². The van der Waals surface area contributed by atoms with E-state index >= 15 is 0 Å². The molecular formula is C20H22N4O3. The van der Waals surface area contributed by atoms with E-state index in [9.17, 15) is 4.79 Å². The quantitative estimate of drug-likeness (QED) is 0.663. The first-order valence-electron chi connectivity index (χ1n) is 8.61. The number of hydrogen-bond donors (Lipinski definition) is 1. The summed E-state index contributed by atoms with van der Waals surface area (Å²) >= 11 is 0. The molecule has 1 heterocycles. The van der Waals surface area contributed by atoms with Crippen LogP contribution in [0.4, 0.5) is 0 Å². The van der Waals surface area contributed by atoms with Crippen LogP contribution in [0.2, 0.25) is 0 Å². The van der Waals surface area contributed by atoms with Gasteiger partial charge in [0, 0.05) is 13.0 Å². The number of methoxy groups -OCH3 is 2. The van der Waals surface area contributed by atoms with E-state index in [0.717, 1.165) is 16.8 Å². The number of carbonyl (C=O) groups is 1. The maximum atomic E-state index is 12.1. The van der Waals surface area contributed by atoms with Gasteiger partial charge in [0.15, 0.2) is 11.5 Å². The van der Waals surface area contributed by atoms with Gasteiger partial charge in [-0.25, -0.2) is 9.67 Å². The molecule has 1 amide bonds. The minimum Gasteiger partial charge on any atom is -0.493 e. The minimum absolute atomic E-state index is 0.00476. The van der Waals surface area contributed by atoms with Crippen LogP contribution in [-0.2, 0) is 17.8 Å². The van der Waals surface area contributed by atoms with Gasteiger partial charge in [-0.1, -0.05) is 18.2 Å². The van der Waals surface area contributed by atoms with E-state index in [1.54, 1.807) is 25.2 Å². The molecule has 0 atom stereocenters. The van der Waals surface area contributed by atoms with E-state index in [1.165, 1.54) is 6.33 Å². The Morgan fingerprint density at radius 2 is 1.78 bits per heavy atom. The zero-order valence-electron chi connectivity index (χ0n) is 15.4. The third-order valence-corrected chi connectivity index (χ3v) is 4.20. The number of aromatic nitrogens is 3. The Morgan fingerprint density at radius 1 is 1.04 bits per heavy atom. The minimum atomic E-state index is 0.00476. The van der Waals surface area contributed by atoms with Crippen molar-refractivity contribution >= 4 is 5.91 Å². The van der Waals surface area contributed by atoms with Gasteiger partial charge in [-0.2, -0.15) is 5.10 Å². The molecule has 0 aliphatic carbocycles. The first-order chi connectivity index (χ1) is 13.2. The number of amides is 1. The van der Waals surface area contributed by atoms with E-state index in [0.29, 0.717) is 30.9 Å². The molecule has 3 rings (SSSR count). The Morgan fingerprint density at radius 3 is 2.44 bits per heavy atom. The SMILES string of the molecule is COc1ccc(CCC(=O)NCc2ccc(-n3cncn3)cc2)cc1OC. The van der Waals surface area contributed by atoms with Gasteiger partial charge in [0.1, 0.15) is 12.7 Å². The van der Waals surface area contributed by atoms with Gasteiger partial charge in [-0.15, -0.1) is 0 Å². The molecule has 27 heavy (non-hydrogen) atoms. The molecule has 7 nitrogen and oxygen atoms in total. The Bertz CT molecular complexity index is 877. The zero-order chi connectivity index (χ0) is 19.1. The highest BCUT2D eigenvalue weighted by molar-refractivity contribution is 5.76. The molecule has 140 valence electrons. The largest absolute Gasteiger partial charge is 0.493 e. The topological polar surface area (TPSA) is 78.3 Å². The van der Waals surface area contributed by atoms with Gasteiger partial charge >= 0.3 is 0 Å². The second-order valence-electron chi connectivity index (χ2n) is 5.97. The normalized spacial score (nSPS) is 10.4. The molecule has 0 bridgehead atoms. The maximum Gasteiger partial charge on any atom is 0.220 e. The molecular weight excluding hydrogens is 344 g/mol. The Kier molecular flexibility index (Phi) is 6.04. The molecule has 0 spiro atoms. The monoisotopic (exact) mass is 366 g/mol. The fourth-order valence-electron chi connectivity index (χ4n) is 2.69. The molecule has 0 aliphatic rings. The molecule has 2 aromatic carbocycles. The van der Waals surface area contributed by atoms with Crippen LogP contribution in [0.5, 0.6) is 11.5 Å². The van der Waals surface area contributed by atoms with E-state index in [4.69, 9.17) is 9.47 Å². The third-order valence-electron chi connectivity index (χ3n) is 4.20. The summed E-state index contributed by atoms with van der Waals surface area (Å²) in [5.41, 5.74) is 2.98. The van der Waals surface area contributed by atoms with Crippen molar-refractivity contribution in [2.45, 2.75) is 19.4 Å². The number of rotatable bonds is 8. The van der Waals surface area contributed by atoms with Gasteiger partial charge in [0.25, 0.3) is 0 Å². The second kappa shape index (κ2) is 8.84. The summed E-state index contributed by atoms with van der Waals surface area (Å²) in [5.74, 6) is 1.35. The molecule has 0 fully saturated rings. The highest BCUT2D eigenvalue weighted by atomic mass is 16.5. The van der Waals surface area contributed by atoms with Crippen LogP contribution in [0.3, 0.4) is 0 Å². The molecule has 0 saturated carbocycles.